The average Bonchev–Trinajstić information content (AvgIpc) is 3.32. The Balaban J connectivity index is 2.05. The van der Waals surface area contributed by atoms with Crippen LogP contribution in [0.1, 0.15) is 43.5 Å². The Morgan fingerprint density at radius 2 is 2.04 bits per heavy atom. The fourth-order valence-electron chi connectivity index (χ4n) is 2.38. The molecule has 1 aromatic rings. The van der Waals surface area contributed by atoms with E-state index >= 15 is 0 Å². The number of benzene rings is 1. The van der Waals surface area contributed by atoms with Crippen LogP contribution >= 0.6 is 0 Å². The molecule has 0 spiro atoms. The third kappa shape index (κ3) is 5.09. The molecule has 1 aromatic carbocycles. The van der Waals surface area contributed by atoms with Crippen LogP contribution in [0.25, 0.3) is 0 Å². The predicted octanol–water partition coefficient (Wildman–Crippen LogP) is 2.20. The molecule has 0 saturated heterocycles. The van der Waals surface area contributed by atoms with Gasteiger partial charge < -0.3 is 15.0 Å². The monoisotopic (exact) mass is 318 g/mol. The lowest BCUT2D eigenvalue weighted by molar-refractivity contribution is -0.143. The van der Waals surface area contributed by atoms with Gasteiger partial charge in [-0.25, -0.2) is 0 Å². The zero-order valence-electron chi connectivity index (χ0n) is 13.5. The van der Waals surface area contributed by atoms with Crippen LogP contribution in [0, 0.1) is 0 Å². The van der Waals surface area contributed by atoms with E-state index in [1.165, 1.54) is 6.92 Å². The highest BCUT2D eigenvalue weighted by atomic mass is 16.5. The second kappa shape index (κ2) is 7.76. The molecule has 2 amide bonds. The average molecular weight is 318 g/mol. The molecule has 0 radical (unpaired) electrons. The van der Waals surface area contributed by atoms with Crippen molar-refractivity contribution in [1.82, 2.24) is 4.90 Å². The first-order chi connectivity index (χ1) is 11.0. The van der Waals surface area contributed by atoms with Crippen LogP contribution in [0.4, 0.5) is 5.69 Å². The van der Waals surface area contributed by atoms with Crippen LogP contribution in [-0.2, 0) is 14.3 Å². The van der Waals surface area contributed by atoms with Gasteiger partial charge in [-0.15, -0.1) is 0 Å². The van der Waals surface area contributed by atoms with Crippen LogP contribution in [0.5, 0.6) is 0 Å². The van der Waals surface area contributed by atoms with Crippen molar-refractivity contribution in [2.75, 3.05) is 18.5 Å². The number of hydrogen-bond donors (Lipinski definition) is 1. The van der Waals surface area contributed by atoms with Gasteiger partial charge >= 0.3 is 5.97 Å². The first-order valence-electron chi connectivity index (χ1n) is 7.85. The minimum Gasteiger partial charge on any atom is -0.466 e. The number of ether oxygens (including phenoxy) is 1. The number of anilines is 1. The summed E-state index contributed by atoms with van der Waals surface area (Å²) in [5.41, 5.74) is 1.09. The molecule has 0 atom stereocenters. The SMILES string of the molecule is CCOC(=O)CCN(C(=O)c1cccc(NC(C)=O)c1)C1CC1. The van der Waals surface area contributed by atoms with Crippen molar-refractivity contribution >= 4 is 23.5 Å². The van der Waals surface area contributed by atoms with Crippen molar-refractivity contribution in [3.63, 3.8) is 0 Å². The summed E-state index contributed by atoms with van der Waals surface area (Å²) in [7, 11) is 0. The van der Waals surface area contributed by atoms with E-state index in [1.54, 1.807) is 36.1 Å². The highest BCUT2D eigenvalue weighted by Gasteiger charge is 2.33. The van der Waals surface area contributed by atoms with Crippen molar-refractivity contribution in [3.8, 4) is 0 Å². The molecule has 0 heterocycles. The fraction of sp³-hybridized carbons (Fsp3) is 0.471. The summed E-state index contributed by atoms with van der Waals surface area (Å²) in [6.07, 6.45) is 2.11. The summed E-state index contributed by atoms with van der Waals surface area (Å²) >= 11 is 0. The van der Waals surface area contributed by atoms with Crippen LogP contribution in [0.3, 0.4) is 0 Å². The van der Waals surface area contributed by atoms with E-state index in [-0.39, 0.29) is 30.2 Å². The van der Waals surface area contributed by atoms with Crippen molar-refractivity contribution in [2.45, 2.75) is 39.2 Å². The Hall–Kier alpha value is -2.37. The molecular formula is C17H22N2O4. The van der Waals surface area contributed by atoms with Gasteiger partial charge in [0.05, 0.1) is 13.0 Å². The van der Waals surface area contributed by atoms with Gasteiger partial charge in [0, 0.05) is 30.8 Å². The van der Waals surface area contributed by atoms with Gasteiger partial charge in [-0.2, -0.15) is 0 Å². The molecule has 1 N–H and O–H groups in total. The Bertz CT molecular complexity index is 596. The normalized spacial score (nSPS) is 13.3. The lowest BCUT2D eigenvalue weighted by Crippen LogP contribution is -2.35. The van der Waals surface area contributed by atoms with Gasteiger partial charge in [0.25, 0.3) is 5.91 Å². The van der Waals surface area contributed by atoms with E-state index in [9.17, 15) is 14.4 Å². The maximum absolute atomic E-state index is 12.7. The molecule has 2 rings (SSSR count). The van der Waals surface area contributed by atoms with Crippen LogP contribution in [-0.4, -0.2) is 41.9 Å². The molecule has 1 aliphatic rings. The van der Waals surface area contributed by atoms with E-state index in [1.807, 2.05) is 0 Å². The summed E-state index contributed by atoms with van der Waals surface area (Å²) in [6.45, 7) is 3.88. The predicted molar refractivity (Wildman–Crippen MR) is 86.1 cm³/mol. The van der Waals surface area contributed by atoms with E-state index in [0.717, 1.165) is 12.8 Å². The number of esters is 1. The van der Waals surface area contributed by atoms with E-state index < -0.39 is 0 Å². The number of nitrogens with zero attached hydrogens (tertiary/aromatic N) is 1. The molecule has 6 heteroatoms. The van der Waals surface area contributed by atoms with Crippen molar-refractivity contribution in [3.05, 3.63) is 29.8 Å². The molecular weight excluding hydrogens is 296 g/mol. The Morgan fingerprint density at radius 1 is 1.30 bits per heavy atom. The Morgan fingerprint density at radius 3 is 2.65 bits per heavy atom. The highest BCUT2D eigenvalue weighted by molar-refractivity contribution is 5.97. The molecule has 0 aromatic heterocycles. The van der Waals surface area contributed by atoms with Gasteiger partial charge in [0.2, 0.25) is 5.91 Å². The summed E-state index contributed by atoms with van der Waals surface area (Å²) in [5, 5.41) is 2.67. The largest absolute Gasteiger partial charge is 0.466 e. The number of rotatable bonds is 7. The number of carbonyl (C=O) groups is 3. The molecule has 0 aliphatic heterocycles. The van der Waals surface area contributed by atoms with Gasteiger partial charge in [0.15, 0.2) is 0 Å². The Labute approximate surface area is 135 Å². The number of hydrogen-bond acceptors (Lipinski definition) is 4. The molecule has 124 valence electrons. The molecule has 6 nitrogen and oxygen atoms in total. The number of nitrogens with one attached hydrogen (secondary N) is 1. The van der Waals surface area contributed by atoms with E-state index in [4.69, 9.17) is 4.74 Å². The van der Waals surface area contributed by atoms with Gasteiger partial charge in [-0.1, -0.05) is 6.07 Å². The summed E-state index contributed by atoms with van der Waals surface area (Å²) < 4.78 is 4.92. The van der Waals surface area contributed by atoms with Crippen LogP contribution < -0.4 is 5.32 Å². The summed E-state index contributed by atoms with van der Waals surface area (Å²) in [4.78, 5) is 37.1. The van der Waals surface area contributed by atoms with Gasteiger partial charge in [-0.05, 0) is 38.0 Å². The third-order valence-corrected chi connectivity index (χ3v) is 3.54. The first kappa shape index (κ1) is 17.0. The standard InChI is InChI=1S/C17H22N2O4/c1-3-23-16(21)9-10-19(15-7-8-15)17(22)13-5-4-6-14(11-13)18-12(2)20/h4-6,11,15H,3,7-10H2,1-2H3,(H,18,20). The number of amides is 2. The van der Waals surface area contributed by atoms with E-state index in [0.29, 0.717) is 24.4 Å². The highest BCUT2D eigenvalue weighted by Crippen LogP contribution is 2.29. The summed E-state index contributed by atoms with van der Waals surface area (Å²) in [5.74, 6) is -0.599. The summed E-state index contributed by atoms with van der Waals surface area (Å²) in [6, 6.07) is 7.03. The molecule has 0 unspecified atom stereocenters. The Kier molecular flexibility index (Phi) is 5.73. The van der Waals surface area contributed by atoms with Crippen molar-refractivity contribution in [1.29, 1.82) is 0 Å². The maximum Gasteiger partial charge on any atom is 0.307 e. The van der Waals surface area contributed by atoms with Crippen molar-refractivity contribution < 1.29 is 19.1 Å². The van der Waals surface area contributed by atoms with Crippen LogP contribution in [0.2, 0.25) is 0 Å². The van der Waals surface area contributed by atoms with Crippen LogP contribution in [0.15, 0.2) is 24.3 Å². The van der Waals surface area contributed by atoms with E-state index in [2.05, 4.69) is 5.32 Å². The lowest BCUT2D eigenvalue weighted by Gasteiger charge is -2.22. The van der Waals surface area contributed by atoms with Gasteiger partial charge in [-0.3, -0.25) is 14.4 Å². The minimum atomic E-state index is -0.294. The molecule has 0 bridgehead atoms. The maximum atomic E-state index is 12.7. The smallest absolute Gasteiger partial charge is 0.307 e. The second-order valence-corrected chi connectivity index (χ2v) is 5.55. The topological polar surface area (TPSA) is 75.7 Å². The minimum absolute atomic E-state index is 0.121. The zero-order valence-corrected chi connectivity index (χ0v) is 13.5. The first-order valence-corrected chi connectivity index (χ1v) is 7.85. The zero-order chi connectivity index (χ0) is 16.8. The number of carbonyl (C=O) groups excluding carboxylic acids is 3. The third-order valence-electron chi connectivity index (χ3n) is 3.54. The molecule has 1 fully saturated rings. The fourth-order valence-corrected chi connectivity index (χ4v) is 2.38. The van der Waals surface area contributed by atoms with Crippen molar-refractivity contribution in [2.24, 2.45) is 0 Å². The molecule has 23 heavy (non-hydrogen) atoms. The second-order valence-electron chi connectivity index (χ2n) is 5.55. The lowest BCUT2D eigenvalue weighted by atomic mass is 10.1. The molecule has 1 saturated carbocycles. The molecule has 1 aliphatic carbocycles. The quantitative estimate of drug-likeness (QED) is 0.782. The van der Waals surface area contributed by atoms with Gasteiger partial charge in [0.1, 0.15) is 0 Å².